The fraction of sp³-hybridized carbons (Fsp3) is 0.357. The van der Waals surface area contributed by atoms with Crippen molar-refractivity contribution in [3.63, 3.8) is 0 Å². The summed E-state index contributed by atoms with van der Waals surface area (Å²) < 4.78 is 28.8. The molecular formula is C14H15F2N7O. The predicted octanol–water partition coefficient (Wildman–Crippen LogP) is 2.40. The molecule has 126 valence electrons. The van der Waals surface area contributed by atoms with Gasteiger partial charge in [0.1, 0.15) is 17.6 Å². The van der Waals surface area contributed by atoms with E-state index < -0.39 is 12.3 Å². The van der Waals surface area contributed by atoms with Crippen LogP contribution in [-0.2, 0) is 0 Å². The zero-order valence-corrected chi connectivity index (χ0v) is 13.2. The second-order valence-corrected chi connectivity index (χ2v) is 5.51. The molecule has 24 heavy (non-hydrogen) atoms. The van der Waals surface area contributed by atoms with E-state index in [2.05, 4.69) is 25.5 Å². The highest BCUT2D eigenvalue weighted by atomic mass is 19.3. The number of rotatable bonds is 4. The largest absolute Gasteiger partial charge is 0.289 e. The van der Waals surface area contributed by atoms with E-state index in [1.165, 1.54) is 18.6 Å². The Labute approximate surface area is 135 Å². The molecule has 0 saturated carbocycles. The van der Waals surface area contributed by atoms with Gasteiger partial charge in [-0.25, -0.2) is 27.9 Å². The van der Waals surface area contributed by atoms with Crippen LogP contribution in [0, 0.1) is 6.92 Å². The highest BCUT2D eigenvalue weighted by Gasteiger charge is 2.21. The summed E-state index contributed by atoms with van der Waals surface area (Å²) in [6.45, 7) is 5.42. The maximum atomic E-state index is 13.1. The normalized spacial score (nSPS) is 11.6. The van der Waals surface area contributed by atoms with Crippen LogP contribution in [0.5, 0.6) is 0 Å². The number of anilines is 1. The van der Waals surface area contributed by atoms with Gasteiger partial charge in [0, 0.05) is 11.7 Å². The molecule has 0 radical (unpaired) electrons. The number of hydrogen-bond donors (Lipinski definition) is 1. The predicted molar refractivity (Wildman–Crippen MR) is 81.0 cm³/mol. The minimum atomic E-state index is -2.73. The van der Waals surface area contributed by atoms with Crippen LogP contribution in [0.25, 0.3) is 5.65 Å². The molecule has 0 fully saturated rings. The quantitative estimate of drug-likeness (QED) is 0.791. The summed E-state index contributed by atoms with van der Waals surface area (Å²) >= 11 is 0. The van der Waals surface area contributed by atoms with Crippen LogP contribution >= 0.6 is 0 Å². The van der Waals surface area contributed by atoms with Crippen molar-refractivity contribution in [2.24, 2.45) is 0 Å². The van der Waals surface area contributed by atoms with Gasteiger partial charge < -0.3 is 0 Å². The highest BCUT2D eigenvalue weighted by molar-refractivity contribution is 6.07. The first-order chi connectivity index (χ1) is 11.4. The minimum absolute atomic E-state index is 0.0612. The molecule has 1 amide bonds. The first-order valence-electron chi connectivity index (χ1n) is 7.22. The SMILES string of the molecule is Cc1cc(C(F)F)n2ncc(C(=O)Nc3ncn(C(C)C)n3)c2n1. The third kappa shape index (κ3) is 2.82. The number of aromatic nitrogens is 6. The fourth-order valence-corrected chi connectivity index (χ4v) is 2.18. The Kier molecular flexibility index (Phi) is 3.96. The molecular weight excluding hydrogens is 320 g/mol. The molecule has 3 heterocycles. The number of fused-ring (bicyclic) bond motifs is 1. The van der Waals surface area contributed by atoms with Crippen molar-refractivity contribution in [1.82, 2.24) is 29.4 Å². The molecule has 3 rings (SSSR count). The number of aryl methyl sites for hydroxylation is 1. The lowest BCUT2D eigenvalue weighted by molar-refractivity contribution is 0.102. The molecule has 3 aromatic heterocycles. The molecule has 0 saturated heterocycles. The van der Waals surface area contributed by atoms with Crippen molar-refractivity contribution in [3.05, 3.63) is 35.5 Å². The number of nitrogens with one attached hydrogen (secondary N) is 1. The van der Waals surface area contributed by atoms with Crippen molar-refractivity contribution in [2.75, 3.05) is 5.32 Å². The summed E-state index contributed by atoms with van der Waals surface area (Å²) in [5.41, 5.74) is 0.181. The first kappa shape index (κ1) is 16.0. The lowest BCUT2D eigenvalue weighted by Gasteiger charge is -2.05. The number of halogens is 2. The molecule has 0 bridgehead atoms. The zero-order valence-electron chi connectivity index (χ0n) is 13.2. The summed E-state index contributed by atoms with van der Waals surface area (Å²) in [5.74, 6) is -0.445. The van der Waals surface area contributed by atoms with E-state index >= 15 is 0 Å². The molecule has 10 heteroatoms. The smallest absolute Gasteiger partial charge is 0.280 e. The van der Waals surface area contributed by atoms with Crippen LogP contribution in [-0.4, -0.2) is 35.3 Å². The molecule has 0 aromatic carbocycles. The Hall–Kier alpha value is -2.91. The van der Waals surface area contributed by atoms with E-state index in [-0.39, 0.29) is 28.9 Å². The molecule has 0 aliphatic carbocycles. The third-order valence-corrected chi connectivity index (χ3v) is 3.36. The topological polar surface area (TPSA) is 90.0 Å². The van der Waals surface area contributed by atoms with Gasteiger partial charge in [0.25, 0.3) is 12.3 Å². The van der Waals surface area contributed by atoms with Gasteiger partial charge in [-0.2, -0.15) is 5.10 Å². The Morgan fingerprint density at radius 3 is 2.71 bits per heavy atom. The maximum absolute atomic E-state index is 13.1. The Morgan fingerprint density at radius 1 is 1.33 bits per heavy atom. The van der Waals surface area contributed by atoms with Crippen molar-refractivity contribution in [3.8, 4) is 0 Å². The Bertz CT molecular complexity index is 900. The summed E-state index contributed by atoms with van der Waals surface area (Å²) in [5, 5.41) is 10.5. The molecule has 3 aromatic rings. The van der Waals surface area contributed by atoms with Gasteiger partial charge in [0.05, 0.1) is 6.20 Å². The standard InChI is InChI=1S/C14H15F2N7O/c1-7(2)22-6-17-14(21-22)20-13(24)9-5-18-23-10(11(15)16)4-8(3)19-12(9)23/h4-7,11H,1-3H3,(H,20,21,24). The average molecular weight is 335 g/mol. The lowest BCUT2D eigenvalue weighted by Crippen LogP contribution is -2.14. The summed E-state index contributed by atoms with van der Waals surface area (Å²) in [7, 11) is 0. The number of nitrogens with zero attached hydrogens (tertiary/aromatic N) is 6. The van der Waals surface area contributed by atoms with Gasteiger partial charge in [-0.05, 0) is 26.8 Å². The van der Waals surface area contributed by atoms with Crippen LogP contribution in [0.2, 0.25) is 0 Å². The molecule has 0 spiro atoms. The van der Waals surface area contributed by atoms with E-state index in [0.29, 0.717) is 5.69 Å². The van der Waals surface area contributed by atoms with Gasteiger partial charge in [0.2, 0.25) is 5.95 Å². The summed E-state index contributed by atoms with van der Waals surface area (Å²) in [4.78, 5) is 20.5. The fourth-order valence-electron chi connectivity index (χ4n) is 2.18. The molecule has 1 N–H and O–H groups in total. The number of hydrogen-bond acceptors (Lipinski definition) is 5. The van der Waals surface area contributed by atoms with E-state index in [1.807, 2.05) is 13.8 Å². The van der Waals surface area contributed by atoms with Crippen molar-refractivity contribution < 1.29 is 13.6 Å². The van der Waals surface area contributed by atoms with E-state index in [0.717, 1.165) is 4.52 Å². The average Bonchev–Trinajstić information content (AvgIpc) is 3.12. The van der Waals surface area contributed by atoms with Crippen LogP contribution in [0.3, 0.4) is 0 Å². The molecule has 0 unspecified atom stereocenters. The summed E-state index contributed by atoms with van der Waals surface area (Å²) in [6.07, 6.45) is -0.0377. The number of carbonyl (C=O) groups excluding carboxylic acids is 1. The summed E-state index contributed by atoms with van der Waals surface area (Å²) in [6, 6.07) is 1.33. The van der Waals surface area contributed by atoms with Crippen molar-refractivity contribution in [2.45, 2.75) is 33.2 Å². The third-order valence-electron chi connectivity index (χ3n) is 3.36. The van der Waals surface area contributed by atoms with Crippen molar-refractivity contribution >= 4 is 17.5 Å². The van der Waals surface area contributed by atoms with Gasteiger partial charge >= 0.3 is 0 Å². The second-order valence-electron chi connectivity index (χ2n) is 5.51. The van der Waals surface area contributed by atoms with Crippen LogP contribution in [0.15, 0.2) is 18.6 Å². The first-order valence-corrected chi connectivity index (χ1v) is 7.22. The number of carbonyl (C=O) groups is 1. The molecule has 0 aliphatic rings. The molecule has 0 aliphatic heterocycles. The van der Waals surface area contributed by atoms with Gasteiger partial charge in [-0.1, -0.05) is 0 Å². The monoisotopic (exact) mass is 335 g/mol. The van der Waals surface area contributed by atoms with Crippen molar-refractivity contribution in [1.29, 1.82) is 0 Å². The van der Waals surface area contributed by atoms with Crippen LogP contribution in [0.4, 0.5) is 14.7 Å². The Balaban J connectivity index is 1.95. The highest BCUT2D eigenvalue weighted by Crippen LogP contribution is 2.22. The number of alkyl halides is 2. The molecule has 0 atom stereocenters. The zero-order chi connectivity index (χ0) is 17.4. The maximum Gasteiger partial charge on any atom is 0.280 e. The lowest BCUT2D eigenvalue weighted by atomic mass is 10.3. The van der Waals surface area contributed by atoms with Gasteiger partial charge in [-0.15, -0.1) is 5.10 Å². The second kappa shape index (κ2) is 5.95. The number of amides is 1. The van der Waals surface area contributed by atoms with Crippen LogP contribution < -0.4 is 5.32 Å². The van der Waals surface area contributed by atoms with E-state index in [9.17, 15) is 13.6 Å². The minimum Gasteiger partial charge on any atom is -0.289 e. The molecule has 8 nitrogen and oxygen atoms in total. The van der Waals surface area contributed by atoms with Gasteiger partial charge in [-0.3, -0.25) is 10.1 Å². The van der Waals surface area contributed by atoms with Gasteiger partial charge in [0.15, 0.2) is 5.65 Å². The van der Waals surface area contributed by atoms with Crippen LogP contribution in [0.1, 0.15) is 48.1 Å². The Morgan fingerprint density at radius 2 is 2.08 bits per heavy atom. The van der Waals surface area contributed by atoms with E-state index in [4.69, 9.17) is 0 Å². The van der Waals surface area contributed by atoms with E-state index in [1.54, 1.807) is 11.6 Å².